The molecule has 30 heavy (non-hydrogen) atoms. The summed E-state index contributed by atoms with van der Waals surface area (Å²) in [4.78, 5) is 11.5. The minimum Gasteiger partial charge on any atom is -0.508 e. The molecule has 0 amide bonds. The molecule has 0 aromatic heterocycles. The molecule has 7 nitrogen and oxygen atoms in total. The predicted octanol–water partition coefficient (Wildman–Crippen LogP) is 2.72. The highest BCUT2D eigenvalue weighted by atomic mass is 16.4. The highest BCUT2D eigenvalue weighted by Gasteiger charge is 2.17. The molecular weight excluding hydrogens is 386 g/mol. The summed E-state index contributed by atoms with van der Waals surface area (Å²) < 4.78 is 0. The van der Waals surface area contributed by atoms with E-state index < -0.39 is 18.0 Å². The third-order valence-electron chi connectivity index (χ3n) is 5.19. The lowest BCUT2D eigenvalue weighted by molar-refractivity contribution is -0.142. The standard InChI is InChI=1S/C23H31NO6/c25-15-19-13-18(9-10-21(19)27)22(28)14-24-11-2-1-5-17(23(29)30)8-7-16-4-3-6-20(26)12-16/h3-4,6,9-10,12-13,17,22,24-28H,1-2,5,7-8,11,14-15H2,(H,29,30). The zero-order chi connectivity index (χ0) is 21.9. The van der Waals surface area contributed by atoms with Crippen LogP contribution in [0.15, 0.2) is 42.5 Å². The molecule has 0 saturated carbocycles. The van der Waals surface area contributed by atoms with Gasteiger partial charge in [-0.1, -0.05) is 24.6 Å². The maximum absolute atomic E-state index is 11.5. The van der Waals surface area contributed by atoms with Crippen molar-refractivity contribution in [2.24, 2.45) is 5.92 Å². The van der Waals surface area contributed by atoms with E-state index in [0.29, 0.717) is 43.5 Å². The summed E-state index contributed by atoms with van der Waals surface area (Å²) in [6, 6.07) is 11.5. The summed E-state index contributed by atoms with van der Waals surface area (Å²) in [6.45, 7) is 0.687. The summed E-state index contributed by atoms with van der Waals surface area (Å²) in [6.07, 6.45) is 2.51. The second kappa shape index (κ2) is 12.2. The van der Waals surface area contributed by atoms with Crippen LogP contribution in [0.5, 0.6) is 11.5 Å². The Hall–Kier alpha value is -2.61. The Morgan fingerprint density at radius 3 is 2.53 bits per heavy atom. The molecule has 0 aliphatic carbocycles. The Labute approximate surface area is 176 Å². The van der Waals surface area contributed by atoms with Crippen molar-refractivity contribution in [3.8, 4) is 11.5 Å². The number of aromatic hydroxyl groups is 2. The third kappa shape index (κ3) is 7.67. The molecule has 0 fully saturated rings. The average Bonchev–Trinajstić information content (AvgIpc) is 2.72. The van der Waals surface area contributed by atoms with Gasteiger partial charge in [-0.3, -0.25) is 4.79 Å². The summed E-state index contributed by atoms with van der Waals surface area (Å²) in [5.74, 6) is -1.04. The van der Waals surface area contributed by atoms with Crippen LogP contribution in [-0.2, 0) is 17.8 Å². The molecule has 2 unspecified atom stereocenters. The molecule has 0 aliphatic heterocycles. The van der Waals surface area contributed by atoms with E-state index in [1.54, 1.807) is 30.3 Å². The van der Waals surface area contributed by atoms with Crippen molar-refractivity contribution in [3.63, 3.8) is 0 Å². The van der Waals surface area contributed by atoms with Gasteiger partial charge < -0.3 is 30.8 Å². The van der Waals surface area contributed by atoms with Gasteiger partial charge in [-0.15, -0.1) is 0 Å². The number of benzene rings is 2. The monoisotopic (exact) mass is 417 g/mol. The minimum absolute atomic E-state index is 0.00143. The predicted molar refractivity (Wildman–Crippen MR) is 113 cm³/mol. The first-order valence-electron chi connectivity index (χ1n) is 10.2. The van der Waals surface area contributed by atoms with Gasteiger partial charge >= 0.3 is 5.97 Å². The fourth-order valence-corrected chi connectivity index (χ4v) is 3.38. The molecule has 2 aromatic carbocycles. The number of carboxylic acids is 1. The van der Waals surface area contributed by atoms with Crippen LogP contribution < -0.4 is 5.32 Å². The summed E-state index contributed by atoms with van der Waals surface area (Å²) in [5.41, 5.74) is 1.91. The molecule has 2 aromatic rings. The van der Waals surface area contributed by atoms with Crippen LogP contribution >= 0.6 is 0 Å². The Morgan fingerprint density at radius 1 is 1.03 bits per heavy atom. The van der Waals surface area contributed by atoms with E-state index in [2.05, 4.69) is 5.32 Å². The second-order valence-electron chi connectivity index (χ2n) is 7.51. The minimum atomic E-state index is -0.800. The summed E-state index contributed by atoms with van der Waals surface area (Å²) in [7, 11) is 0. The quantitative estimate of drug-likeness (QED) is 0.276. The maximum Gasteiger partial charge on any atom is 0.306 e. The van der Waals surface area contributed by atoms with Gasteiger partial charge in [0.2, 0.25) is 0 Å². The Kier molecular flexibility index (Phi) is 9.60. The van der Waals surface area contributed by atoms with E-state index in [9.17, 15) is 30.3 Å². The molecule has 2 atom stereocenters. The van der Waals surface area contributed by atoms with Crippen LogP contribution in [0.2, 0.25) is 0 Å². The largest absolute Gasteiger partial charge is 0.508 e. The van der Waals surface area contributed by atoms with E-state index in [4.69, 9.17) is 0 Å². The van der Waals surface area contributed by atoms with Crippen LogP contribution in [0.1, 0.15) is 48.5 Å². The number of aliphatic hydroxyl groups is 2. The number of hydrogen-bond donors (Lipinski definition) is 6. The summed E-state index contributed by atoms with van der Waals surface area (Å²) in [5, 5.41) is 51.1. The first-order chi connectivity index (χ1) is 14.4. The highest BCUT2D eigenvalue weighted by Crippen LogP contribution is 2.22. The number of carboxylic acid groups (broad SMARTS) is 1. The van der Waals surface area contributed by atoms with Crippen LogP contribution in [0.25, 0.3) is 0 Å². The van der Waals surface area contributed by atoms with E-state index in [1.165, 1.54) is 6.07 Å². The van der Waals surface area contributed by atoms with Crippen LogP contribution in [0.4, 0.5) is 0 Å². The van der Waals surface area contributed by atoms with Gasteiger partial charge in [-0.05, 0) is 67.6 Å². The van der Waals surface area contributed by atoms with Gasteiger partial charge in [-0.25, -0.2) is 0 Å². The third-order valence-corrected chi connectivity index (χ3v) is 5.19. The van der Waals surface area contributed by atoms with Crippen molar-refractivity contribution in [1.82, 2.24) is 5.32 Å². The fraction of sp³-hybridized carbons (Fsp3) is 0.435. The van der Waals surface area contributed by atoms with Gasteiger partial charge in [0.25, 0.3) is 0 Å². The van der Waals surface area contributed by atoms with Crippen molar-refractivity contribution in [3.05, 3.63) is 59.2 Å². The van der Waals surface area contributed by atoms with E-state index in [0.717, 1.165) is 18.4 Å². The number of aliphatic carboxylic acids is 1. The lowest BCUT2D eigenvalue weighted by Crippen LogP contribution is -2.23. The van der Waals surface area contributed by atoms with Gasteiger partial charge in [0.15, 0.2) is 0 Å². The molecular formula is C23H31NO6. The van der Waals surface area contributed by atoms with Crippen molar-refractivity contribution in [2.45, 2.75) is 44.8 Å². The lowest BCUT2D eigenvalue weighted by Gasteiger charge is -2.15. The van der Waals surface area contributed by atoms with Gasteiger partial charge in [-0.2, -0.15) is 0 Å². The Bertz CT molecular complexity index is 810. The molecule has 6 N–H and O–H groups in total. The second-order valence-corrected chi connectivity index (χ2v) is 7.51. The zero-order valence-electron chi connectivity index (χ0n) is 17.0. The molecule has 2 rings (SSSR count). The van der Waals surface area contributed by atoms with Gasteiger partial charge in [0.05, 0.1) is 18.6 Å². The average molecular weight is 418 g/mol. The van der Waals surface area contributed by atoms with Crippen LogP contribution in [0.3, 0.4) is 0 Å². The van der Waals surface area contributed by atoms with Crippen molar-refractivity contribution in [2.75, 3.05) is 13.1 Å². The smallest absolute Gasteiger partial charge is 0.306 e. The topological polar surface area (TPSA) is 130 Å². The highest BCUT2D eigenvalue weighted by molar-refractivity contribution is 5.69. The Morgan fingerprint density at radius 2 is 1.83 bits per heavy atom. The first kappa shape index (κ1) is 23.7. The zero-order valence-corrected chi connectivity index (χ0v) is 17.0. The van der Waals surface area contributed by atoms with Crippen LogP contribution in [-0.4, -0.2) is 44.6 Å². The molecule has 0 bridgehead atoms. The number of phenols is 2. The van der Waals surface area contributed by atoms with Crippen molar-refractivity contribution >= 4 is 5.97 Å². The first-order valence-corrected chi connectivity index (χ1v) is 10.2. The molecule has 0 spiro atoms. The van der Waals surface area contributed by atoms with Gasteiger partial charge in [0.1, 0.15) is 11.5 Å². The SMILES string of the molecule is O=C(O)C(CCCCNCC(O)c1ccc(O)c(CO)c1)CCc1cccc(O)c1. The number of hydrogen-bond acceptors (Lipinski definition) is 6. The molecule has 7 heteroatoms. The molecule has 0 saturated heterocycles. The number of nitrogens with one attached hydrogen (secondary N) is 1. The van der Waals surface area contributed by atoms with Crippen molar-refractivity contribution < 1.29 is 30.3 Å². The van der Waals surface area contributed by atoms with Crippen LogP contribution in [0, 0.1) is 5.92 Å². The molecule has 0 aliphatic rings. The number of carbonyl (C=O) groups is 1. The van der Waals surface area contributed by atoms with E-state index >= 15 is 0 Å². The lowest BCUT2D eigenvalue weighted by atomic mass is 9.94. The maximum atomic E-state index is 11.5. The van der Waals surface area contributed by atoms with Gasteiger partial charge in [0, 0.05) is 12.1 Å². The molecule has 0 radical (unpaired) electrons. The number of phenolic OH excluding ortho intramolecular Hbond substituents is 1. The number of unbranched alkanes of at least 4 members (excludes halogenated alkanes) is 1. The summed E-state index contributed by atoms with van der Waals surface area (Å²) >= 11 is 0. The Balaban J connectivity index is 1.67. The number of rotatable bonds is 13. The number of aliphatic hydroxyl groups excluding tert-OH is 2. The van der Waals surface area contributed by atoms with E-state index in [1.807, 2.05) is 6.07 Å². The molecule has 0 heterocycles. The fourth-order valence-electron chi connectivity index (χ4n) is 3.38. The van der Waals surface area contributed by atoms with E-state index in [-0.39, 0.29) is 18.1 Å². The van der Waals surface area contributed by atoms with Crippen molar-refractivity contribution in [1.29, 1.82) is 0 Å². The normalized spacial score (nSPS) is 13.1. The number of aryl methyl sites for hydroxylation is 1. The molecule has 164 valence electrons.